The number of allylic oxidation sites excluding steroid dienone is 3. The largest absolute Gasteiger partial charge is 0.384 e. The van der Waals surface area contributed by atoms with Gasteiger partial charge in [-0.15, -0.1) is 0 Å². The van der Waals surface area contributed by atoms with E-state index >= 15 is 0 Å². The second-order valence-corrected chi connectivity index (χ2v) is 8.85. The molecule has 6 nitrogen and oxygen atoms in total. The van der Waals surface area contributed by atoms with Crippen LogP contribution in [0.3, 0.4) is 0 Å². The minimum atomic E-state index is -2.93. The minimum Gasteiger partial charge on any atom is -0.384 e. The number of aromatic nitrogens is 1. The van der Waals surface area contributed by atoms with Crippen molar-refractivity contribution in [3.63, 3.8) is 0 Å². The van der Waals surface area contributed by atoms with Crippen molar-refractivity contribution in [3.05, 3.63) is 64.0 Å². The smallest absolute Gasteiger partial charge is 0.260 e. The number of amides is 2. The first kappa shape index (κ1) is 25.3. The summed E-state index contributed by atoms with van der Waals surface area (Å²) in [4.78, 5) is 28.6. The summed E-state index contributed by atoms with van der Waals surface area (Å²) in [5.41, 5.74) is 10.2. The van der Waals surface area contributed by atoms with Crippen molar-refractivity contribution in [1.82, 2.24) is 10.3 Å². The quantitative estimate of drug-likeness (QED) is 0.357. The number of carbonyl (C=O) groups is 2. The highest BCUT2D eigenvalue weighted by atomic mass is 19.3. The molecule has 2 heterocycles. The summed E-state index contributed by atoms with van der Waals surface area (Å²) in [5, 5.41) is 5.85. The number of primary amides is 1. The fourth-order valence-electron chi connectivity index (χ4n) is 4.01. The van der Waals surface area contributed by atoms with Crippen LogP contribution in [0.4, 0.5) is 14.6 Å². The molecule has 4 N–H and O–H groups in total. The van der Waals surface area contributed by atoms with Gasteiger partial charge >= 0.3 is 0 Å². The average Bonchev–Trinajstić information content (AvgIpc) is 3.41. The Balaban J connectivity index is 1.95. The molecule has 0 bridgehead atoms. The number of halogens is 2. The summed E-state index contributed by atoms with van der Waals surface area (Å²) >= 11 is 0. The molecule has 3 rings (SSSR count). The normalized spacial score (nSPS) is 21.8. The molecule has 0 radical (unpaired) electrons. The molecule has 1 fully saturated rings. The van der Waals surface area contributed by atoms with E-state index in [2.05, 4.69) is 28.6 Å². The van der Waals surface area contributed by atoms with E-state index in [4.69, 9.17) is 5.73 Å². The van der Waals surface area contributed by atoms with Crippen LogP contribution in [-0.4, -0.2) is 28.8 Å². The van der Waals surface area contributed by atoms with E-state index in [1.54, 1.807) is 18.3 Å². The highest BCUT2D eigenvalue weighted by molar-refractivity contribution is 6.00. The summed E-state index contributed by atoms with van der Waals surface area (Å²) in [6, 6.07) is 1.86. The summed E-state index contributed by atoms with van der Waals surface area (Å²) in [6.45, 7) is 7.89. The summed E-state index contributed by atoms with van der Waals surface area (Å²) in [5.74, 6) is -5.28. The lowest BCUT2D eigenvalue weighted by Gasteiger charge is -2.24. The van der Waals surface area contributed by atoms with Gasteiger partial charge in [-0.3, -0.25) is 9.59 Å². The molecule has 0 spiro atoms. The van der Waals surface area contributed by atoms with Gasteiger partial charge in [-0.25, -0.2) is 13.8 Å². The monoisotopic (exact) mass is 470 g/mol. The maximum atomic E-state index is 13.2. The number of nitrogens with zero attached hydrogens (tertiary/aromatic N) is 1. The second kappa shape index (κ2) is 10.3. The predicted octanol–water partition coefficient (Wildman–Crippen LogP) is 4.79. The van der Waals surface area contributed by atoms with Crippen LogP contribution in [0.15, 0.2) is 52.9 Å². The van der Waals surface area contributed by atoms with Crippen molar-refractivity contribution in [1.29, 1.82) is 0 Å². The number of anilines is 1. The van der Waals surface area contributed by atoms with E-state index in [1.165, 1.54) is 0 Å². The Morgan fingerprint density at radius 2 is 2.03 bits per heavy atom. The van der Waals surface area contributed by atoms with Gasteiger partial charge in [0.15, 0.2) is 0 Å². The standard InChI is InChI=1S/C26H32F2N4O2/c1-5-7-18-9-16(4)21(14-30-18)20(19(8-6-2)24(29)33)11-17-13-31-23(10-15(17)3)32-25(34)22-12-26(22,27)28/h8-11,13-14,18,22,30H,5-7,12H2,1-4H3,(H2,29,33)(H,31,32,34)/b19-8-,20-11+. The van der Waals surface area contributed by atoms with Gasteiger partial charge < -0.3 is 16.4 Å². The summed E-state index contributed by atoms with van der Waals surface area (Å²) in [7, 11) is 0. The Hall–Kier alpha value is -3.29. The number of aryl methyl sites for hydroxylation is 1. The van der Waals surface area contributed by atoms with Crippen molar-refractivity contribution in [2.75, 3.05) is 5.32 Å². The topological polar surface area (TPSA) is 97.1 Å². The van der Waals surface area contributed by atoms with Crippen LogP contribution in [0, 0.1) is 12.8 Å². The maximum Gasteiger partial charge on any atom is 0.260 e. The lowest BCUT2D eigenvalue weighted by Crippen LogP contribution is -2.27. The van der Waals surface area contributed by atoms with Crippen LogP contribution >= 0.6 is 0 Å². The third-order valence-electron chi connectivity index (χ3n) is 6.02. The number of dihydropyridines is 1. The number of rotatable bonds is 9. The molecule has 2 unspecified atom stereocenters. The third kappa shape index (κ3) is 5.79. The summed E-state index contributed by atoms with van der Waals surface area (Å²) < 4.78 is 26.3. The molecule has 2 aliphatic rings. The zero-order valence-electron chi connectivity index (χ0n) is 20.0. The van der Waals surface area contributed by atoms with Crippen LogP contribution in [-0.2, 0) is 9.59 Å². The van der Waals surface area contributed by atoms with Gasteiger partial charge in [0.2, 0.25) is 11.8 Å². The first-order valence-corrected chi connectivity index (χ1v) is 11.6. The van der Waals surface area contributed by atoms with Gasteiger partial charge in [0.05, 0.1) is 0 Å². The van der Waals surface area contributed by atoms with E-state index in [1.807, 2.05) is 33.0 Å². The number of hydrogen-bond donors (Lipinski definition) is 3. The van der Waals surface area contributed by atoms with E-state index in [-0.39, 0.29) is 11.9 Å². The van der Waals surface area contributed by atoms with Crippen LogP contribution in [0.2, 0.25) is 0 Å². The van der Waals surface area contributed by atoms with Gasteiger partial charge in [0, 0.05) is 36.0 Å². The Morgan fingerprint density at radius 3 is 2.56 bits per heavy atom. The van der Waals surface area contributed by atoms with Crippen molar-refractivity contribution >= 4 is 23.7 Å². The van der Waals surface area contributed by atoms with Gasteiger partial charge in [-0.2, -0.15) is 0 Å². The molecule has 182 valence electrons. The highest BCUT2D eigenvalue weighted by Gasteiger charge is 2.61. The Labute approximate surface area is 199 Å². The van der Waals surface area contributed by atoms with E-state index in [0.29, 0.717) is 17.6 Å². The SMILES string of the molecule is CC/C=C(C(N)=O)/C(=C\c1cnc(NC(=O)C2CC2(F)F)cc1C)C1=CNC(CCC)C=C1C. The van der Waals surface area contributed by atoms with Gasteiger partial charge in [-0.05, 0) is 61.1 Å². The molecule has 2 amide bonds. The zero-order chi connectivity index (χ0) is 25.0. The third-order valence-corrected chi connectivity index (χ3v) is 6.02. The van der Waals surface area contributed by atoms with Gasteiger partial charge in [-0.1, -0.05) is 32.4 Å². The maximum absolute atomic E-state index is 13.2. The first-order chi connectivity index (χ1) is 16.1. The second-order valence-electron chi connectivity index (χ2n) is 8.85. The molecule has 2 atom stereocenters. The van der Waals surface area contributed by atoms with Gasteiger partial charge in [0.25, 0.3) is 5.92 Å². The Bertz CT molecular complexity index is 1100. The van der Waals surface area contributed by atoms with Crippen LogP contribution < -0.4 is 16.4 Å². The van der Waals surface area contributed by atoms with Gasteiger partial charge in [0.1, 0.15) is 11.7 Å². The van der Waals surface area contributed by atoms with Crippen LogP contribution in [0.1, 0.15) is 57.6 Å². The fourth-order valence-corrected chi connectivity index (χ4v) is 4.01. The minimum absolute atomic E-state index is 0.208. The number of nitrogens with two attached hydrogens (primary N) is 1. The molecule has 1 aliphatic heterocycles. The van der Waals surface area contributed by atoms with Crippen LogP contribution in [0.25, 0.3) is 6.08 Å². The molecule has 8 heteroatoms. The van der Waals surface area contributed by atoms with Crippen molar-refractivity contribution < 1.29 is 18.4 Å². The number of hydrogen-bond acceptors (Lipinski definition) is 4. The van der Waals surface area contributed by atoms with Crippen molar-refractivity contribution in [2.45, 2.75) is 65.3 Å². The molecule has 0 aromatic carbocycles. The molecule has 34 heavy (non-hydrogen) atoms. The van der Waals surface area contributed by atoms with E-state index in [9.17, 15) is 18.4 Å². The molecule has 1 aromatic heterocycles. The molecule has 1 aliphatic carbocycles. The van der Waals surface area contributed by atoms with E-state index in [0.717, 1.165) is 35.1 Å². The zero-order valence-corrected chi connectivity index (χ0v) is 20.0. The summed E-state index contributed by atoms with van der Waals surface area (Å²) in [6.07, 6.45) is 11.5. The average molecular weight is 471 g/mol. The molecular weight excluding hydrogens is 438 g/mol. The van der Waals surface area contributed by atoms with Crippen molar-refractivity contribution in [2.24, 2.45) is 11.7 Å². The molecule has 0 saturated heterocycles. The van der Waals surface area contributed by atoms with E-state index < -0.39 is 30.1 Å². The number of carbonyl (C=O) groups excluding carboxylic acids is 2. The van der Waals surface area contributed by atoms with Crippen molar-refractivity contribution in [3.8, 4) is 0 Å². The lowest BCUT2D eigenvalue weighted by molar-refractivity contribution is -0.119. The molecule has 1 aromatic rings. The lowest BCUT2D eigenvalue weighted by atomic mass is 9.87. The molecule has 1 saturated carbocycles. The first-order valence-electron chi connectivity index (χ1n) is 11.6. The highest BCUT2D eigenvalue weighted by Crippen LogP contribution is 2.49. The number of pyridine rings is 1. The number of alkyl halides is 2. The Morgan fingerprint density at radius 1 is 1.32 bits per heavy atom. The van der Waals surface area contributed by atoms with Crippen LogP contribution in [0.5, 0.6) is 0 Å². The Kier molecular flexibility index (Phi) is 7.69. The predicted molar refractivity (Wildman–Crippen MR) is 130 cm³/mol. The number of nitrogens with one attached hydrogen (secondary N) is 2. The fraction of sp³-hybridized carbons (Fsp3) is 0.423. The molecular formula is C26H32F2N4O2.